The molecule has 0 heterocycles. The predicted molar refractivity (Wildman–Crippen MR) is 40.9 cm³/mol. The third-order valence-electron chi connectivity index (χ3n) is 1.15. The minimum Gasteiger partial charge on any atom is -0.368 e. The topological polar surface area (TPSA) is 29.5 Å². The summed E-state index contributed by atoms with van der Waals surface area (Å²) in [5.74, 6) is -0.00463. The Bertz CT molecular complexity index is 68.0. The Hall–Kier alpha value is 0.465. The first-order chi connectivity index (χ1) is 4.26. The molecule has 2 unspecified atom stereocenters. The van der Waals surface area contributed by atoms with Crippen LogP contribution in [0.5, 0.6) is 0 Å². The van der Waals surface area contributed by atoms with Crippen molar-refractivity contribution in [2.75, 3.05) is 12.4 Å². The van der Waals surface area contributed by atoms with Crippen LogP contribution >= 0.6 is 15.9 Å². The molecule has 2 nitrogen and oxygen atoms in total. The lowest BCUT2D eigenvalue weighted by Gasteiger charge is -2.16. The van der Waals surface area contributed by atoms with Gasteiger partial charge in [0, 0.05) is 18.4 Å². The van der Waals surface area contributed by atoms with Gasteiger partial charge in [-0.05, 0) is 0 Å². The number of methoxy groups -OCH3 is 1. The number of halogens is 1. The molecule has 0 aliphatic heterocycles. The van der Waals surface area contributed by atoms with Gasteiger partial charge in [0.2, 0.25) is 0 Å². The van der Waals surface area contributed by atoms with E-state index in [1.54, 1.807) is 0 Å². The molecule has 0 aromatic heterocycles. The average Bonchev–Trinajstić information content (AvgIpc) is 1.90. The summed E-state index contributed by atoms with van der Waals surface area (Å²) in [6.07, 6.45) is -0.311. The molecule has 0 bridgehead atoms. The van der Waals surface area contributed by atoms with Crippen LogP contribution in [0.15, 0.2) is 0 Å². The molecule has 0 aromatic rings. The van der Waals surface area contributed by atoms with Crippen LogP contribution in [0.4, 0.5) is 0 Å². The number of alkyl halides is 1. The maximum absolute atomic E-state index is 8.99. The van der Waals surface area contributed by atoms with E-state index < -0.39 is 6.29 Å². The third kappa shape index (κ3) is 3.23. The molecule has 0 saturated heterocycles. The molecule has 0 saturated carbocycles. The fourth-order valence-corrected chi connectivity index (χ4v) is 1.03. The maximum atomic E-state index is 8.99. The molecule has 0 aliphatic carbocycles. The first-order valence-corrected chi connectivity index (χ1v) is 3.85. The highest BCUT2D eigenvalue weighted by Crippen LogP contribution is 2.10. The zero-order valence-corrected chi connectivity index (χ0v) is 6.97. The Morgan fingerprint density at radius 2 is 2.33 bits per heavy atom. The summed E-state index contributed by atoms with van der Waals surface area (Å²) < 4.78 is 4.64. The summed E-state index contributed by atoms with van der Waals surface area (Å²) in [7, 11) is 6.74. The van der Waals surface area contributed by atoms with Crippen molar-refractivity contribution >= 4 is 23.8 Å². The van der Waals surface area contributed by atoms with Crippen molar-refractivity contribution in [3.8, 4) is 0 Å². The van der Waals surface area contributed by atoms with E-state index in [0.717, 1.165) is 0 Å². The molecule has 4 heteroatoms. The SMILES string of the molecule is [B]CC(CBr)C(O)OC. The van der Waals surface area contributed by atoms with E-state index in [0.29, 0.717) is 11.7 Å². The second-order valence-corrected chi connectivity index (χ2v) is 2.42. The molecule has 2 atom stereocenters. The Labute approximate surface area is 65.1 Å². The molecule has 0 spiro atoms. The lowest BCUT2D eigenvalue weighted by molar-refractivity contribution is -0.101. The van der Waals surface area contributed by atoms with Gasteiger partial charge >= 0.3 is 0 Å². The first-order valence-electron chi connectivity index (χ1n) is 2.73. The Balaban J connectivity index is 3.50. The van der Waals surface area contributed by atoms with Crippen LogP contribution in [0.3, 0.4) is 0 Å². The molecule has 2 radical (unpaired) electrons. The van der Waals surface area contributed by atoms with Gasteiger partial charge < -0.3 is 9.84 Å². The molecule has 1 N–H and O–H groups in total. The van der Waals surface area contributed by atoms with E-state index in [1.807, 2.05) is 0 Å². The van der Waals surface area contributed by atoms with Crippen LogP contribution in [-0.2, 0) is 4.74 Å². The molecular weight excluding hydrogens is 183 g/mol. The number of aliphatic hydroxyl groups excluding tert-OH is 1. The van der Waals surface area contributed by atoms with E-state index in [1.165, 1.54) is 7.11 Å². The Morgan fingerprint density at radius 1 is 1.78 bits per heavy atom. The second kappa shape index (κ2) is 5.27. The zero-order chi connectivity index (χ0) is 7.28. The molecule has 0 amide bonds. The third-order valence-corrected chi connectivity index (χ3v) is 1.98. The highest BCUT2D eigenvalue weighted by Gasteiger charge is 2.13. The first kappa shape index (κ1) is 9.46. The molecule has 52 valence electrons. The van der Waals surface area contributed by atoms with E-state index in [9.17, 15) is 0 Å². The van der Waals surface area contributed by atoms with Gasteiger partial charge in [0.15, 0.2) is 6.29 Å². The maximum Gasteiger partial charge on any atom is 0.157 e. The summed E-state index contributed by atoms with van der Waals surface area (Å²) in [5, 5.41) is 9.65. The molecular formula is C5H10BBrO2. The van der Waals surface area contributed by atoms with Crippen molar-refractivity contribution in [2.24, 2.45) is 5.92 Å². The fraction of sp³-hybridized carbons (Fsp3) is 1.00. The van der Waals surface area contributed by atoms with Gasteiger partial charge in [0.25, 0.3) is 0 Å². The lowest BCUT2D eigenvalue weighted by atomic mass is 9.92. The number of rotatable bonds is 4. The van der Waals surface area contributed by atoms with Crippen LogP contribution < -0.4 is 0 Å². The van der Waals surface area contributed by atoms with Gasteiger partial charge in [-0.15, -0.1) is 0 Å². The van der Waals surface area contributed by atoms with Gasteiger partial charge in [0.05, 0.1) is 7.85 Å². The summed E-state index contributed by atoms with van der Waals surface area (Å²) in [6.45, 7) is 0. The van der Waals surface area contributed by atoms with Gasteiger partial charge in [-0.1, -0.05) is 22.3 Å². The standard InChI is InChI=1S/C5H10BBrO2/c1-9-5(8)4(2-6)3-7/h4-5,8H,2-3H2,1H3. The van der Waals surface area contributed by atoms with Crippen LogP contribution in [0.1, 0.15) is 0 Å². The van der Waals surface area contributed by atoms with Crippen LogP contribution in [-0.4, -0.2) is 31.7 Å². The quantitative estimate of drug-likeness (QED) is 0.401. The molecule has 0 rings (SSSR count). The number of hydrogen-bond acceptors (Lipinski definition) is 2. The van der Waals surface area contributed by atoms with Gasteiger partial charge in [-0.3, -0.25) is 0 Å². The van der Waals surface area contributed by atoms with Gasteiger partial charge in [-0.25, -0.2) is 0 Å². The highest BCUT2D eigenvalue weighted by atomic mass is 79.9. The number of aliphatic hydroxyl groups is 1. The smallest absolute Gasteiger partial charge is 0.157 e. The summed E-state index contributed by atoms with van der Waals surface area (Å²) in [4.78, 5) is 0. The molecule has 9 heavy (non-hydrogen) atoms. The van der Waals surface area contributed by atoms with Gasteiger partial charge in [-0.2, -0.15) is 0 Å². The van der Waals surface area contributed by atoms with Crippen LogP contribution in [0, 0.1) is 5.92 Å². The second-order valence-electron chi connectivity index (χ2n) is 1.78. The van der Waals surface area contributed by atoms with Crippen molar-refractivity contribution in [3.05, 3.63) is 0 Å². The summed E-state index contributed by atoms with van der Waals surface area (Å²) >= 11 is 3.20. The predicted octanol–water partition coefficient (Wildman–Crippen LogP) is 0.549. The van der Waals surface area contributed by atoms with Crippen molar-refractivity contribution in [2.45, 2.75) is 12.6 Å². The number of ether oxygens (including phenoxy) is 1. The fourth-order valence-electron chi connectivity index (χ4n) is 0.448. The van der Waals surface area contributed by atoms with E-state index in [2.05, 4.69) is 20.7 Å². The van der Waals surface area contributed by atoms with Crippen LogP contribution in [0.2, 0.25) is 6.32 Å². The minimum atomic E-state index is -0.741. The van der Waals surface area contributed by atoms with Crippen molar-refractivity contribution in [1.82, 2.24) is 0 Å². The van der Waals surface area contributed by atoms with Gasteiger partial charge in [0.1, 0.15) is 0 Å². The van der Waals surface area contributed by atoms with Crippen molar-refractivity contribution < 1.29 is 9.84 Å². The average molecular weight is 193 g/mol. The largest absolute Gasteiger partial charge is 0.368 e. The normalized spacial score (nSPS) is 17.2. The summed E-state index contributed by atoms with van der Waals surface area (Å²) in [5.41, 5.74) is 0. The van der Waals surface area contributed by atoms with Crippen LogP contribution in [0.25, 0.3) is 0 Å². The molecule has 0 aliphatic rings. The molecule has 0 fully saturated rings. The lowest BCUT2D eigenvalue weighted by Crippen LogP contribution is -2.22. The minimum absolute atomic E-state index is 0.00463. The number of hydrogen-bond donors (Lipinski definition) is 1. The monoisotopic (exact) mass is 192 g/mol. The van der Waals surface area contributed by atoms with E-state index >= 15 is 0 Å². The van der Waals surface area contributed by atoms with E-state index in [-0.39, 0.29) is 5.92 Å². The van der Waals surface area contributed by atoms with Crippen molar-refractivity contribution in [3.63, 3.8) is 0 Å². The molecule has 0 aromatic carbocycles. The van der Waals surface area contributed by atoms with E-state index in [4.69, 9.17) is 13.0 Å². The summed E-state index contributed by atoms with van der Waals surface area (Å²) in [6, 6.07) is 0. The Morgan fingerprint density at radius 3 is 2.44 bits per heavy atom. The Kier molecular flexibility index (Phi) is 5.54. The van der Waals surface area contributed by atoms with Crippen molar-refractivity contribution in [1.29, 1.82) is 0 Å². The highest BCUT2D eigenvalue weighted by molar-refractivity contribution is 9.09. The zero-order valence-electron chi connectivity index (χ0n) is 5.38.